The molecule has 0 atom stereocenters. The van der Waals surface area contributed by atoms with Crippen LogP contribution in [0.2, 0.25) is 0 Å². The van der Waals surface area contributed by atoms with Crippen LogP contribution >= 0.6 is 0 Å². The lowest BCUT2D eigenvalue weighted by molar-refractivity contribution is 0.234. The van der Waals surface area contributed by atoms with E-state index >= 15 is 0 Å². The predicted molar refractivity (Wildman–Crippen MR) is 133 cm³/mol. The van der Waals surface area contributed by atoms with Crippen LogP contribution in [0.5, 0.6) is 0 Å². The third-order valence-electron chi connectivity index (χ3n) is 6.05. The molecule has 0 aliphatic carbocycles. The molecule has 7 heteroatoms. The highest BCUT2D eigenvalue weighted by Crippen LogP contribution is 2.19. The Hall–Kier alpha value is -3.35. The van der Waals surface area contributed by atoms with E-state index in [1.807, 2.05) is 47.0 Å². The monoisotopic (exact) mass is 447 g/mol. The first kappa shape index (κ1) is 22.8. The number of benzene rings is 2. The zero-order valence-corrected chi connectivity index (χ0v) is 19.5. The molecule has 4 rings (SSSR count). The molecule has 1 aliphatic heterocycles. The lowest BCUT2D eigenvalue weighted by Gasteiger charge is -2.33. The second kappa shape index (κ2) is 10.5. The van der Waals surface area contributed by atoms with Crippen LogP contribution in [-0.4, -0.2) is 41.3 Å². The molecule has 2 amide bonds. The first-order valence-corrected chi connectivity index (χ1v) is 11.8. The van der Waals surface area contributed by atoms with Gasteiger partial charge in [0, 0.05) is 32.2 Å². The Balaban J connectivity index is 1.35. The highest BCUT2D eigenvalue weighted by molar-refractivity contribution is 5.76. The van der Waals surface area contributed by atoms with Gasteiger partial charge >= 0.3 is 6.03 Å². The van der Waals surface area contributed by atoms with Crippen molar-refractivity contribution in [1.82, 2.24) is 20.2 Å². The van der Waals surface area contributed by atoms with Crippen LogP contribution in [0, 0.1) is 5.92 Å². The summed E-state index contributed by atoms with van der Waals surface area (Å²) in [5, 5.41) is 6.03. The highest BCUT2D eigenvalue weighted by atomic mass is 16.2. The molecule has 0 bridgehead atoms. The van der Waals surface area contributed by atoms with Crippen molar-refractivity contribution in [2.75, 3.05) is 24.5 Å². The molecular weight excluding hydrogens is 414 g/mol. The van der Waals surface area contributed by atoms with E-state index in [1.165, 1.54) is 5.56 Å². The summed E-state index contributed by atoms with van der Waals surface area (Å²) in [6, 6.07) is 17.9. The number of urea groups is 1. The van der Waals surface area contributed by atoms with Gasteiger partial charge < -0.3 is 20.1 Å². The lowest BCUT2D eigenvalue weighted by Crippen LogP contribution is -2.49. The quantitative estimate of drug-likeness (QED) is 0.580. The van der Waals surface area contributed by atoms with E-state index in [-0.39, 0.29) is 17.6 Å². The van der Waals surface area contributed by atoms with Gasteiger partial charge in [-0.1, -0.05) is 56.3 Å². The summed E-state index contributed by atoms with van der Waals surface area (Å²) in [5.74, 6) is 0.872. The first-order valence-electron chi connectivity index (χ1n) is 11.8. The van der Waals surface area contributed by atoms with Gasteiger partial charge in [0.2, 0.25) is 0 Å². The van der Waals surface area contributed by atoms with Crippen molar-refractivity contribution in [2.24, 2.45) is 5.92 Å². The van der Waals surface area contributed by atoms with Gasteiger partial charge in [0.25, 0.3) is 5.56 Å². The summed E-state index contributed by atoms with van der Waals surface area (Å²) in [6.45, 7) is 6.88. The number of hydrogen-bond donors (Lipinski definition) is 2. The molecular formula is C26H33N5O2. The zero-order valence-electron chi connectivity index (χ0n) is 19.5. The van der Waals surface area contributed by atoms with Crippen LogP contribution in [0.4, 0.5) is 10.6 Å². The van der Waals surface area contributed by atoms with Crippen LogP contribution in [0.15, 0.2) is 59.4 Å². The number of nitrogens with zero attached hydrogens (tertiary/aromatic N) is 3. The third kappa shape index (κ3) is 5.72. The van der Waals surface area contributed by atoms with E-state index in [9.17, 15) is 9.59 Å². The fraction of sp³-hybridized carbons (Fsp3) is 0.423. The maximum atomic E-state index is 13.3. The number of carbonyl (C=O) groups is 1. The molecule has 1 aromatic heterocycles. The molecule has 0 spiro atoms. The third-order valence-corrected chi connectivity index (χ3v) is 6.05. The van der Waals surface area contributed by atoms with E-state index in [1.54, 1.807) is 0 Å². The molecule has 2 heterocycles. The largest absolute Gasteiger partial charge is 0.352 e. The Kier molecular flexibility index (Phi) is 7.27. The Labute approximate surface area is 194 Å². The van der Waals surface area contributed by atoms with Crippen molar-refractivity contribution in [3.63, 3.8) is 0 Å². The van der Waals surface area contributed by atoms with Gasteiger partial charge in [0.1, 0.15) is 0 Å². The van der Waals surface area contributed by atoms with Crippen molar-refractivity contribution >= 4 is 22.9 Å². The molecule has 2 aromatic carbocycles. The van der Waals surface area contributed by atoms with E-state index < -0.39 is 0 Å². The maximum absolute atomic E-state index is 13.3. The van der Waals surface area contributed by atoms with Crippen LogP contribution in [0.25, 0.3) is 11.0 Å². The molecule has 3 aromatic rings. The second-order valence-corrected chi connectivity index (χ2v) is 9.13. The number of fused-ring (bicyclic) bond motifs is 1. The number of amides is 2. The number of hydrogen-bond acceptors (Lipinski definition) is 4. The van der Waals surface area contributed by atoms with Crippen LogP contribution in [0.1, 0.15) is 32.3 Å². The lowest BCUT2D eigenvalue weighted by atomic mass is 10.1. The molecule has 0 saturated carbocycles. The minimum absolute atomic E-state index is 0.0348. The van der Waals surface area contributed by atoms with E-state index in [0.717, 1.165) is 30.3 Å². The molecule has 0 radical (unpaired) electrons. The standard InChI is InChI=1S/C26H33N5O2/c1-19(2)18-31-23-11-7-6-10-22(23)29-24(25(31)32)30-16-13-21(14-17-30)28-26(33)27-15-12-20-8-4-3-5-9-20/h3-11,19,21H,12-18H2,1-2H3,(H2,27,28,33). The molecule has 2 N–H and O–H groups in total. The number of carbonyl (C=O) groups excluding carboxylic acids is 1. The fourth-order valence-electron chi connectivity index (χ4n) is 4.37. The molecule has 33 heavy (non-hydrogen) atoms. The van der Waals surface area contributed by atoms with Crippen molar-refractivity contribution in [1.29, 1.82) is 0 Å². The average Bonchev–Trinajstić information content (AvgIpc) is 2.82. The van der Waals surface area contributed by atoms with Crippen LogP contribution in [0.3, 0.4) is 0 Å². The van der Waals surface area contributed by atoms with Gasteiger partial charge in [0.05, 0.1) is 11.0 Å². The Bertz CT molecular complexity index is 1130. The topological polar surface area (TPSA) is 79.3 Å². The molecule has 1 aliphatic rings. The summed E-state index contributed by atoms with van der Waals surface area (Å²) in [4.78, 5) is 32.4. The zero-order chi connectivity index (χ0) is 23.2. The van der Waals surface area contributed by atoms with Crippen molar-refractivity contribution in [3.8, 4) is 0 Å². The number of piperidine rings is 1. The molecule has 1 saturated heterocycles. The second-order valence-electron chi connectivity index (χ2n) is 9.13. The number of aromatic nitrogens is 2. The van der Waals surface area contributed by atoms with Crippen molar-refractivity contribution in [2.45, 2.75) is 45.7 Å². The number of anilines is 1. The van der Waals surface area contributed by atoms with Gasteiger partial charge in [-0.15, -0.1) is 0 Å². The van der Waals surface area contributed by atoms with E-state index in [2.05, 4.69) is 41.5 Å². The van der Waals surface area contributed by atoms with Gasteiger partial charge in [-0.2, -0.15) is 0 Å². The van der Waals surface area contributed by atoms with Crippen molar-refractivity contribution in [3.05, 3.63) is 70.5 Å². The molecule has 174 valence electrons. The van der Waals surface area contributed by atoms with Gasteiger partial charge in [-0.3, -0.25) is 4.79 Å². The maximum Gasteiger partial charge on any atom is 0.315 e. The molecule has 7 nitrogen and oxygen atoms in total. The normalized spacial score (nSPS) is 14.6. The summed E-state index contributed by atoms with van der Waals surface area (Å²) < 4.78 is 1.85. The summed E-state index contributed by atoms with van der Waals surface area (Å²) in [5.41, 5.74) is 2.89. The molecule has 1 fully saturated rings. The van der Waals surface area contributed by atoms with Gasteiger partial charge in [-0.05, 0) is 42.9 Å². The Morgan fingerprint density at radius 3 is 2.48 bits per heavy atom. The van der Waals surface area contributed by atoms with Crippen LogP contribution < -0.4 is 21.1 Å². The van der Waals surface area contributed by atoms with Crippen molar-refractivity contribution < 1.29 is 4.79 Å². The average molecular weight is 448 g/mol. The minimum atomic E-state index is -0.132. The van der Waals surface area contributed by atoms with Gasteiger partial charge in [-0.25, -0.2) is 9.78 Å². The Morgan fingerprint density at radius 1 is 1.06 bits per heavy atom. The summed E-state index contributed by atoms with van der Waals surface area (Å²) >= 11 is 0. The fourth-order valence-corrected chi connectivity index (χ4v) is 4.37. The molecule has 0 unspecified atom stereocenters. The highest BCUT2D eigenvalue weighted by Gasteiger charge is 2.24. The number of para-hydroxylation sites is 2. The van der Waals surface area contributed by atoms with E-state index in [4.69, 9.17) is 4.98 Å². The summed E-state index contributed by atoms with van der Waals surface area (Å²) in [6.07, 6.45) is 2.37. The smallest absolute Gasteiger partial charge is 0.315 e. The minimum Gasteiger partial charge on any atom is -0.352 e. The Morgan fingerprint density at radius 2 is 1.76 bits per heavy atom. The SMILES string of the molecule is CC(C)Cn1c(=O)c(N2CCC(NC(=O)NCCc3ccccc3)CC2)nc2ccccc21. The first-order chi connectivity index (χ1) is 16.0. The summed E-state index contributed by atoms with van der Waals surface area (Å²) in [7, 11) is 0. The number of rotatable bonds is 7. The number of nitrogens with one attached hydrogen (secondary N) is 2. The van der Waals surface area contributed by atoms with E-state index in [0.29, 0.717) is 37.9 Å². The van der Waals surface area contributed by atoms with Gasteiger partial charge in [0.15, 0.2) is 5.82 Å². The predicted octanol–water partition coefficient (Wildman–Crippen LogP) is 3.56. The van der Waals surface area contributed by atoms with Crippen LogP contribution in [-0.2, 0) is 13.0 Å².